The van der Waals surface area contributed by atoms with Gasteiger partial charge in [0, 0.05) is 43.1 Å². The lowest BCUT2D eigenvalue weighted by Crippen LogP contribution is -2.52. The number of aliphatic hydroxyl groups is 1. The lowest BCUT2D eigenvalue weighted by molar-refractivity contribution is -0.120. The molecule has 1 amide bonds. The Morgan fingerprint density at radius 3 is 2.43 bits per heavy atom. The standard InChI is InChI=1S/C28H36F3N3O3/c1-16(35)33-22(10-17-8-19(29)12-20(30)9-17)24(36)15-32-23-14-28(6-5-7-28)37-26-21(23)11-18(25(31)34-26)13-27(2,3)4/h8-9,11-12,22-24,32,36H,5-7,10,13-15H2,1-4H3,(H,33,35)/t22-,23-,24-/m0/s1. The van der Waals surface area contributed by atoms with Gasteiger partial charge in [-0.2, -0.15) is 9.37 Å². The predicted molar refractivity (Wildman–Crippen MR) is 134 cm³/mol. The molecule has 1 aliphatic heterocycles. The van der Waals surface area contributed by atoms with E-state index in [4.69, 9.17) is 4.74 Å². The number of benzene rings is 1. The number of aromatic nitrogens is 1. The van der Waals surface area contributed by atoms with Crippen LogP contribution in [0.4, 0.5) is 13.2 Å². The van der Waals surface area contributed by atoms with Gasteiger partial charge in [0.1, 0.15) is 17.2 Å². The molecule has 2 aromatic rings. The normalized spacial score (nSPS) is 19.9. The van der Waals surface area contributed by atoms with Crippen molar-refractivity contribution in [1.29, 1.82) is 0 Å². The lowest BCUT2D eigenvalue weighted by atomic mass is 9.73. The maximum absolute atomic E-state index is 14.9. The summed E-state index contributed by atoms with van der Waals surface area (Å²) in [5.41, 5.74) is 1.04. The topological polar surface area (TPSA) is 83.5 Å². The number of aliphatic hydroxyl groups excluding tert-OH is 1. The Morgan fingerprint density at radius 2 is 1.86 bits per heavy atom. The Balaban J connectivity index is 1.54. The Hall–Kier alpha value is -2.65. The summed E-state index contributed by atoms with van der Waals surface area (Å²) in [5.74, 6) is -2.06. The van der Waals surface area contributed by atoms with Crippen molar-refractivity contribution in [3.05, 3.63) is 58.5 Å². The van der Waals surface area contributed by atoms with Gasteiger partial charge in [0.15, 0.2) is 0 Å². The van der Waals surface area contributed by atoms with Crippen molar-refractivity contribution < 1.29 is 27.8 Å². The minimum absolute atomic E-state index is 0.0495. The van der Waals surface area contributed by atoms with Crippen LogP contribution in [0.15, 0.2) is 24.3 Å². The number of ether oxygens (including phenoxy) is 1. The van der Waals surface area contributed by atoms with Crippen molar-refractivity contribution in [1.82, 2.24) is 15.6 Å². The van der Waals surface area contributed by atoms with Gasteiger partial charge in [-0.3, -0.25) is 4.79 Å². The molecule has 0 bridgehead atoms. The van der Waals surface area contributed by atoms with Crippen LogP contribution < -0.4 is 15.4 Å². The van der Waals surface area contributed by atoms with Crippen molar-refractivity contribution in [3.8, 4) is 5.88 Å². The molecule has 1 saturated carbocycles. The highest BCUT2D eigenvalue weighted by molar-refractivity contribution is 5.73. The van der Waals surface area contributed by atoms with E-state index in [1.807, 2.05) is 20.8 Å². The zero-order chi connectivity index (χ0) is 27.0. The van der Waals surface area contributed by atoms with E-state index in [2.05, 4.69) is 15.6 Å². The molecular formula is C28H36F3N3O3. The highest BCUT2D eigenvalue weighted by Crippen LogP contribution is 2.48. The van der Waals surface area contributed by atoms with E-state index in [1.54, 1.807) is 6.07 Å². The van der Waals surface area contributed by atoms with Crippen LogP contribution in [-0.4, -0.2) is 40.3 Å². The van der Waals surface area contributed by atoms with Crippen molar-refractivity contribution in [2.45, 2.75) is 90.0 Å². The largest absolute Gasteiger partial charge is 0.471 e. The van der Waals surface area contributed by atoms with Crippen LogP contribution in [0.3, 0.4) is 0 Å². The molecule has 0 saturated heterocycles. The average molecular weight is 520 g/mol. The van der Waals surface area contributed by atoms with E-state index < -0.39 is 35.3 Å². The minimum atomic E-state index is -1.05. The van der Waals surface area contributed by atoms with E-state index in [1.165, 1.54) is 19.1 Å². The Morgan fingerprint density at radius 1 is 1.19 bits per heavy atom. The van der Waals surface area contributed by atoms with E-state index in [0.29, 0.717) is 24.0 Å². The number of carbonyl (C=O) groups is 1. The number of nitrogens with one attached hydrogen (secondary N) is 2. The third kappa shape index (κ3) is 6.82. The molecule has 37 heavy (non-hydrogen) atoms. The van der Waals surface area contributed by atoms with Crippen LogP contribution in [0, 0.1) is 23.0 Å². The molecule has 3 N–H and O–H groups in total. The quantitative estimate of drug-likeness (QED) is 0.447. The second-order valence-corrected chi connectivity index (χ2v) is 11.7. The zero-order valence-corrected chi connectivity index (χ0v) is 21.8. The molecule has 0 radical (unpaired) electrons. The molecule has 0 unspecified atom stereocenters. The Bertz CT molecular complexity index is 1130. The van der Waals surface area contributed by atoms with Gasteiger partial charge in [-0.1, -0.05) is 20.8 Å². The second kappa shape index (κ2) is 10.6. The SMILES string of the molecule is CC(=O)N[C@@H](Cc1cc(F)cc(F)c1)[C@@H](O)CN[C@H]1CC2(CCC2)Oc2nc(F)c(CC(C)(C)C)cc21. The first-order valence-corrected chi connectivity index (χ1v) is 12.8. The third-order valence-corrected chi connectivity index (χ3v) is 7.10. The summed E-state index contributed by atoms with van der Waals surface area (Å²) < 4.78 is 48.5. The van der Waals surface area contributed by atoms with Gasteiger partial charge in [0.25, 0.3) is 0 Å². The Labute approximate surface area is 216 Å². The van der Waals surface area contributed by atoms with Crippen molar-refractivity contribution in [2.75, 3.05) is 6.54 Å². The van der Waals surface area contributed by atoms with Crippen LogP contribution in [0.25, 0.3) is 0 Å². The zero-order valence-electron chi connectivity index (χ0n) is 21.8. The summed E-state index contributed by atoms with van der Waals surface area (Å²) in [5, 5.41) is 17.1. The van der Waals surface area contributed by atoms with E-state index in [0.717, 1.165) is 30.9 Å². The van der Waals surface area contributed by atoms with Gasteiger partial charge in [-0.15, -0.1) is 0 Å². The lowest BCUT2D eigenvalue weighted by Gasteiger charge is -2.47. The van der Waals surface area contributed by atoms with E-state index in [9.17, 15) is 23.1 Å². The maximum Gasteiger partial charge on any atom is 0.221 e. The number of hydrogen-bond donors (Lipinski definition) is 3. The summed E-state index contributed by atoms with van der Waals surface area (Å²) in [7, 11) is 0. The molecule has 3 atom stereocenters. The van der Waals surface area contributed by atoms with Crippen LogP contribution in [0.1, 0.15) is 76.1 Å². The summed E-state index contributed by atoms with van der Waals surface area (Å²) in [6, 6.07) is 3.94. The molecule has 2 heterocycles. The maximum atomic E-state index is 14.9. The molecule has 1 aromatic heterocycles. The fourth-order valence-corrected chi connectivity index (χ4v) is 5.28. The molecule has 202 valence electrons. The highest BCUT2D eigenvalue weighted by Gasteiger charge is 2.46. The first-order valence-electron chi connectivity index (χ1n) is 12.8. The van der Waals surface area contributed by atoms with E-state index >= 15 is 0 Å². The highest BCUT2D eigenvalue weighted by atomic mass is 19.1. The summed E-state index contributed by atoms with van der Waals surface area (Å²) in [6.45, 7) is 7.51. The molecule has 1 fully saturated rings. The number of halogens is 3. The number of rotatable bonds is 8. The van der Waals surface area contributed by atoms with Crippen LogP contribution >= 0.6 is 0 Å². The fraction of sp³-hybridized carbons (Fsp3) is 0.571. The van der Waals surface area contributed by atoms with Crippen LogP contribution in [0.5, 0.6) is 5.88 Å². The van der Waals surface area contributed by atoms with E-state index in [-0.39, 0.29) is 36.2 Å². The number of nitrogens with zero attached hydrogens (tertiary/aromatic N) is 1. The number of amides is 1. The molecule has 1 aliphatic carbocycles. The van der Waals surface area contributed by atoms with Crippen molar-refractivity contribution in [2.24, 2.45) is 5.41 Å². The summed E-state index contributed by atoms with van der Waals surface area (Å²) >= 11 is 0. The van der Waals surface area contributed by atoms with Gasteiger partial charge in [-0.05, 0) is 61.3 Å². The fourth-order valence-electron chi connectivity index (χ4n) is 5.28. The van der Waals surface area contributed by atoms with Gasteiger partial charge in [0.2, 0.25) is 17.7 Å². The average Bonchev–Trinajstić information content (AvgIpc) is 2.74. The number of hydrogen-bond acceptors (Lipinski definition) is 5. The molecule has 4 rings (SSSR count). The summed E-state index contributed by atoms with van der Waals surface area (Å²) in [4.78, 5) is 16.0. The molecule has 1 aromatic carbocycles. The third-order valence-electron chi connectivity index (χ3n) is 7.10. The summed E-state index contributed by atoms with van der Waals surface area (Å²) in [6.07, 6.45) is 2.86. The van der Waals surface area contributed by atoms with Gasteiger partial charge < -0.3 is 20.5 Å². The molecular weight excluding hydrogens is 483 g/mol. The second-order valence-electron chi connectivity index (χ2n) is 11.7. The Kier molecular flexibility index (Phi) is 7.85. The number of pyridine rings is 1. The molecule has 9 heteroatoms. The molecule has 1 spiro atoms. The monoisotopic (exact) mass is 519 g/mol. The molecule has 6 nitrogen and oxygen atoms in total. The first-order chi connectivity index (χ1) is 17.3. The first kappa shape index (κ1) is 27.4. The van der Waals surface area contributed by atoms with Gasteiger partial charge in [0.05, 0.1) is 12.1 Å². The number of carbonyl (C=O) groups excluding carboxylic acids is 1. The number of fused-ring (bicyclic) bond motifs is 1. The minimum Gasteiger partial charge on any atom is -0.471 e. The van der Waals surface area contributed by atoms with Gasteiger partial charge in [-0.25, -0.2) is 8.78 Å². The van der Waals surface area contributed by atoms with Gasteiger partial charge >= 0.3 is 0 Å². The van der Waals surface area contributed by atoms with Crippen LogP contribution in [0.2, 0.25) is 0 Å². The molecule has 2 aliphatic rings. The van der Waals surface area contributed by atoms with Crippen molar-refractivity contribution >= 4 is 5.91 Å². The van der Waals surface area contributed by atoms with Crippen molar-refractivity contribution in [3.63, 3.8) is 0 Å². The smallest absolute Gasteiger partial charge is 0.221 e. The van der Waals surface area contributed by atoms with Crippen LogP contribution in [-0.2, 0) is 17.6 Å². The predicted octanol–water partition coefficient (Wildman–Crippen LogP) is 4.53.